The Kier molecular flexibility index (Phi) is 5.03. The van der Waals surface area contributed by atoms with Crippen LogP contribution in [0.2, 0.25) is 0 Å². The maximum atomic E-state index is 12.3. The number of ether oxygens (including phenoxy) is 1. The fourth-order valence-electron chi connectivity index (χ4n) is 2.44. The minimum Gasteiger partial charge on any atom is -0.449 e. The molecule has 2 N–H and O–H groups in total. The van der Waals surface area contributed by atoms with Crippen LogP contribution in [-0.2, 0) is 9.53 Å². The number of amides is 3. The Labute approximate surface area is 135 Å². The van der Waals surface area contributed by atoms with Gasteiger partial charge in [0.1, 0.15) is 0 Å². The Morgan fingerprint density at radius 2 is 1.70 bits per heavy atom. The summed E-state index contributed by atoms with van der Waals surface area (Å²) in [5.41, 5.74) is 3.11. The molecule has 1 fully saturated rings. The number of rotatable bonds is 4. The molecule has 0 aromatic heterocycles. The summed E-state index contributed by atoms with van der Waals surface area (Å²) in [5.74, 6) is -1.20. The summed E-state index contributed by atoms with van der Waals surface area (Å²) in [4.78, 5) is 35.7. The lowest BCUT2D eigenvalue weighted by atomic mass is 10.00. The number of hydrogen-bond acceptors (Lipinski definition) is 4. The fraction of sp³-hybridized carbons (Fsp3) is 0.471. The van der Waals surface area contributed by atoms with Crippen molar-refractivity contribution in [3.63, 3.8) is 0 Å². The van der Waals surface area contributed by atoms with Gasteiger partial charge in [-0.1, -0.05) is 17.7 Å². The van der Waals surface area contributed by atoms with Crippen LogP contribution >= 0.6 is 0 Å². The smallest absolute Gasteiger partial charge is 0.339 e. The van der Waals surface area contributed by atoms with Crippen LogP contribution in [0.5, 0.6) is 0 Å². The Bertz CT molecular complexity index is 627. The van der Waals surface area contributed by atoms with E-state index in [1.807, 2.05) is 32.9 Å². The lowest BCUT2D eigenvalue weighted by molar-refractivity contribution is -0.127. The van der Waals surface area contributed by atoms with E-state index in [9.17, 15) is 14.4 Å². The largest absolute Gasteiger partial charge is 0.449 e. The number of carbonyl (C=O) groups is 3. The third-order valence-electron chi connectivity index (χ3n) is 3.68. The average Bonchev–Trinajstić information content (AvgIpc) is 3.20. The predicted molar refractivity (Wildman–Crippen MR) is 85.2 cm³/mol. The molecule has 2 rings (SSSR count). The van der Waals surface area contributed by atoms with Crippen molar-refractivity contribution in [1.29, 1.82) is 0 Å². The third kappa shape index (κ3) is 4.55. The highest BCUT2D eigenvalue weighted by Crippen LogP contribution is 2.19. The molecule has 1 atom stereocenters. The molecular weight excluding hydrogens is 296 g/mol. The van der Waals surface area contributed by atoms with E-state index in [0.29, 0.717) is 5.56 Å². The van der Waals surface area contributed by atoms with Gasteiger partial charge in [0, 0.05) is 6.04 Å². The molecule has 0 heterocycles. The molecule has 0 spiro atoms. The Hall–Kier alpha value is -2.37. The minimum atomic E-state index is -1.05. The van der Waals surface area contributed by atoms with Gasteiger partial charge in [0.15, 0.2) is 6.10 Å². The van der Waals surface area contributed by atoms with Gasteiger partial charge < -0.3 is 10.1 Å². The Morgan fingerprint density at radius 1 is 1.13 bits per heavy atom. The molecule has 0 unspecified atom stereocenters. The number of hydrogen-bond donors (Lipinski definition) is 2. The quantitative estimate of drug-likeness (QED) is 0.833. The van der Waals surface area contributed by atoms with Crippen molar-refractivity contribution in [2.45, 2.75) is 52.7 Å². The summed E-state index contributed by atoms with van der Waals surface area (Å²) < 4.78 is 5.19. The van der Waals surface area contributed by atoms with Gasteiger partial charge in [0.25, 0.3) is 5.91 Å². The second kappa shape index (κ2) is 6.81. The van der Waals surface area contributed by atoms with Crippen LogP contribution in [0.3, 0.4) is 0 Å². The maximum absolute atomic E-state index is 12.3. The molecule has 0 bridgehead atoms. The monoisotopic (exact) mass is 318 g/mol. The number of benzene rings is 1. The van der Waals surface area contributed by atoms with Crippen molar-refractivity contribution < 1.29 is 19.1 Å². The van der Waals surface area contributed by atoms with Crippen LogP contribution in [0.15, 0.2) is 12.1 Å². The van der Waals surface area contributed by atoms with Crippen molar-refractivity contribution in [3.05, 3.63) is 34.4 Å². The molecule has 1 aliphatic carbocycles. The van der Waals surface area contributed by atoms with E-state index < -0.39 is 24.0 Å². The molecule has 6 nitrogen and oxygen atoms in total. The molecule has 1 saturated carbocycles. The van der Waals surface area contributed by atoms with E-state index in [4.69, 9.17) is 4.74 Å². The molecule has 1 aliphatic rings. The molecule has 6 heteroatoms. The second-order valence-corrected chi connectivity index (χ2v) is 6.06. The molecular formula is C17H22N2O4. The van der Waals surface area contributed by atoms with Crippen LogP contribution in [-0.4, -0.2) is 30.1 Å². The normalized spacial score (nSPS) is 14.8. The number of esters is 1. The minimum absolute atomic E-state index is 0.151. The van der Waals surface area contributed by atoms with Crippen molar-refractivity contribution >= 4 is 17.9 Å². The first kappa shape index (κ1) is 17.0. The average molecular weight is 318 g/mol. The summed E-state index contributed by atoms with van der Waals surface area (Å²) in [7, 11) is 0. The number of imide groups is 1. The lowest BCUT2D eigenvalue weighted by Crippen LogP contribution is -2.45. The molecule has 23 heavy (non-hydrogen) atoms. The van der Waals surface area contributed by atoms with E-state index in [2.05, 4.69) is 10.6 Å². The van der Waals surface area contributed by atoms with E-state index in [-0.39, 0.29) is 6.04 Å². The zero-order chi connectivity index (χ0) is 17.1. The summed E-state index contributed by atoms with van der Waals surface area (Å²) in [6.45, 7) is 7.04. The Balaban J connectivity index is 1.96. The van der Waals surface area contributed by atoms with Crippen LogP contribution in [0.25, 0.3) is 0 Å². The van der Waals surface area contributed by atoms with Gasteiger partial charge in [0.2, 0.25) is 0 Å². The first-order chi connectivity index (χ1) is 10.8. The summed E-state index contributed by atoms with van der Waals surface area (Å²) in [5, 5.41) is 4.82. The highest BCUT2D eigenvalue weighted by Gasteiger charge is 2.26. The molecule has 1 aromatic rings. The highest BCUT2D eigenvalue weighted by atomic mass is 16.5. The third-order valence-corrected chi connectivity index (χ3v) is 3.68. The molecule has 1 aromatic carbocycles. The van der Waals surface area contributed by atoms with Crippen LogP contribution < -0.4 is 10.6 Å². The molecule has 0 aliphatic heterocycles. The topological polar surface area (TPSA) is 84.5 Å². The van der Waals surface area contributed by atoms with Crippen LogP contribution in [0, 0.1) is 20.8 Å². The summed E-state index contributed by atoms with van der Waals surface area (Å²) in [6, 6.07) is 3.37. The van der Waals surface area contributed by atoms with E-state index >= 15 is 0 Å². The number of nitrogens with one attached hydrogen (secondary N) is 2. The lowest BCUT2D eigenvalue weighted by Gasteiger charge is -2.15. The number of carbonyl (C=O) groups excluding carboxylic acids is 3. The predicted octanol–water partition coefficient (Wildman–Crippen LogP) is 2.15. The molecule has 3 amide bonds. The molecule has 124 valence electrons. The summed E-state index contributed by atoms with van der Waals surface area (Å²) in [6.07, 6.45) is 0.809. The van der Waals surface area contributed by atoms with Gasteiger partial charge in [0.05, 0.1) is 5.56 Å². The zero-order valence-electron chi connectivity index (χ0n) is 13.9. The second-order valence-electron chi connectivity index (χ2n) is 6.06. The van der Waals surface area contributed by atoms with E-state index in [0.717, 1.165) is 29.5 Å². The van der Waals surface area contributed by atoms with Crippen molar-refractivity contribution in [1.82, 2.24) is 10.6 Å². The fourth-order valence-corrected chi connectivity index (χ4v) is 2.44. The zero-order valence-corrected chi connectivity index (χ0v) is 13.9. The van der Waals surface area contributed by atoms with Gasteiger partial charge in [-0.2, -0.15) is 0 Å². The van der Waals surface area contributed by atoms with Gasteiger partial charge in [-0.05, 0) is 51.7 Å². The molecule has 0 saturated heterocycles. The SMILES string of the molecule is Cc1cc(C)c(C(=O)O[C@H](C)C(=O)NC(=O)NC2CC2)c(C)c1. The van der Waals surface area contributed by atoms with Gasteiger partial charge >= 0.3 is 12.0 Å². The van der Waals surface area contributed by atoms with E-state index in [1.165, 1.54) is 6.92 Å². The standard InChI is InChI=1S/C17H22N2O4/c1-9-7-10(2)14(11(3)8-9)16(21)23-12(4)15(20)19-17(22)18-13-5-6-13/h7-8,12-13H,5-6H2,1-4H3,(H2,18,19,20,22)/t12-/m1/s1. The first-order valence-corrected chi connectivity index (χ1v) is 7.68. The van der Waals surface area contributed by atoms with Gasteiger partial charge in [-0.15, -0.1) is 0 Å². The van der Waals surface area contributed by atoms with E-state index in [1.54, 1.807) is 0 Å². The highest BCUT2D eigenvalue weighted by molar-refractivity contribution is 5.99. The first-order valence-electron chi connectivity index (χ1n) is 7.68. The van der Waals surface area contributed by atoms with Crippen LogP contribution in [0.4, 0.5) is 4.79 Å². The Morgan fingerprint density at radius 3 is 2.22 bits per heavy atom. The number of aryl methyl sites for hydroxylation is 3. The van der Waals surface area contributed by atoms with Crippen molar-refractivity contribution in [2.75, 3.05) is 0 Å². The molecule has 0 radical (unpaired) electrons. The van der Waals surface area contributed by atoms with Gasteiger partial charge in [-0.25, -0.2) is 9.59 Å². The number of urea groups is 1. The maximum Gasteiger partial charge on any atom is 0.339 e. The van der Waals surface area contributed by atoms with Crippen molar-refractivity contribution in [3.8, 4) is 0 Å². The summed E-state index contributed by atoms with van der Waals surface area (Å²) >= 11 is 0. The van der Waals surface area contributed by atoms with Crippen LogP contribution in [0.1, 0.15) is 46.8 Å². The van der Waals surface area contributed by atoms with Crippen molar-refractivity contribution in [2.24, 2.45) is 0 Å². The van der Waals surface area contributed by atoms with Gasteiger partial charge in [-0.3, -0.25) is 10.1 Å².